The second-order valence-corrected chi connectivity index (χ2v) is 9.14. The molecular formula is C25H37N5O. The molecule has 0 unspecified atom stereocenters. The van der Waals surface area contributed by atoms with Crippen LogP contribution >= 0.6 is 0 Å². The quantitative estimate of drug-likeness (QED) is 0.405. The maximum Gasteiger partial charge on any atom is 0.191 e. The lowest BCUT2D eigenvalue weighted by Crippen LogP contribution is -2.49. The van der Waals surface area contributed by atoms with Crippen molar-refractivity contribution in [2.45, 2.75) is 51.6 Å². The first-order chi connectivity index (χ1) is 14.9. The number of pyridine rings is 1. The van der Waals surface area contributed by atoms with E-state index in [1.165, 1.54) is 5.56 Å². The highest BCUT2D eigenvalue weighted by Gasteiger charge is 2.20. The van der Waals surface area contributed by atoms with Gasteiger partial charge in [0.1, 0.15) is 12.4 Å². The summed E-state index contributed by atoms with van der Waals surface area (Å²) in [6, 6.07) is 14.9. The van der Waals surface area contributed by atoms with Gasteiger partial charge in [-0.2, -0.15) is 0 Å². The van der Waals surface area contributed by atoms with Gasteiger partial charge in [-0.1, -0.05) is 39.0 Å². The summed E-state index contributed by atoms with van der Waals surface area (Å²) in [6.45, 7) is 11.0. The summed E-state index contributed by atoms with van der Waals surface area (Å²) in [4.78, 5) is 11.3. The SMILES string of the molecule is CN=C(NCCOc1cccc(C(C)(C)C)c1)NC1CCN(Cc2ccccn2)CC1. The van der Waals surface area contributed by atoms with E-state index in [9.17, 15) is 0 Å². The number of ether oxygens (including phenoxy) is 1. The first kappa shape index (κ1) is 23.1. The molecule has 0 radical (unpaired) electrons. The van der Waals surface area contributed by atoms with Gasteiger partial charge in [-0.05, 0) is 48.1 Å². The molecule has 1 aliphatic heterocycles. The van der Waals surface area contributed by atoms with Gasteiger partial charge >= 0.3 is 0 Å². The third-order valence-electron chi connectivity index (χ3n) is 5.63. The molecule has 3 rings (SSSR count). The molecule has 168 valence electrons. The molecule has 1 aromatic heterocycles. The first-order valence-electron chi connectivity index (χ1n) is 11.3. The zero-order valence-corrected chi connectivity index (χ0v) is 19.4. The van der Waals surface area contributed by atoms with Crippen LogP contribution < -0.4 is 15.4 Å². The summed E-state index contributed by atoms with van der Waals surface area (Å²) in [7, 11) is 1.82. The van der Waals surface area contributed by atoms with Crippen LogP contribution in [0.2, 0.25) is 0 Å². The normalized spacial score (nSPS) is 16.2. The van der Waals surface area contributed by atoms with Gasteiger partial charge in [0.05, 0.1) is 12.2 Å². The third-order valence-corrected chi connectivity index (χ3v) is 5.63. The summed E-state index contributed by atoms with van der Waals surface area (Å²) in [6.07, 6.45) is 4.07. The number of hydrogen-bond donors (Lipinski definition) is 2. The lowest BCUT2D eigenvalue weighted by molar-refractivity contribution is 0.196. The van der Waals surface area contributed by atoms with E-state index in [4.69, 9.17) is 4.74 Å². The molecule has 0 aliphatic carbocycles. The number of aromatic nitrogens is 1. The van der Waals surface area contributed by atoms with E-state index in [-0.39, 0.29) is 5.41 Å². The molecular weight excluding hydrogens is 386 g/mol. The van der Waals surface area contributed by atoms with Gasteiger partial charge in [-0.15, -0.1) is 0 Å². The topological polar surface area (TPSA) is 61.8 Å². The zero-order valence-electron chi connectivity index (χ0n) is 19.4. The first-order valence-corrected chi connectivity index (χ1v) is 11.3. The summed E-state index contributed by atoms with van der Waals surface area (Å²) in [5.41, 5.74) is 2.54. The minimum Gasteiger partial charge on any atom is -0.492 e. The summed E-state index contributed by atoms with van der Waals surface area (Å²) in [5, 5.41) is 6.93. The van der Waals surface area contributed by atoms with Crippen LogP contribution in [0.4, 0.5) is 0 Å². The van der Waals surface area contributed by atoms with E-state index in [0.29, 0.717) is 19.2 Å². The largest absolute Gasteiger partial charge is 0.492 e. The maximum atomic E-state index is 5.94. The Morgan fingerprint density at radius 2 is 1.97 bits per heavy atom. The number of likely N-dealkylation sites (tertiary alicyclic amines) is 1. The maximum absolute atomic E-state index is 5.94. The predicted octanol–water partition coefficient (Wildman–Crippen LogP) is 3.59. The van der Waals surface area contributed by atoms with E-state index in [2.05, 4.69) is 76.6 Å². The average Bonchev–Trinajstić information content (AvgIpc) is 2.77. The highest BCUT2D eigenvalue weighted by Crippen LogP contribution is 2.25. The Bertz CT molecular complexity index is 823. The number of aliphatic imine (C=N–C) groups is 1. The molecule has 6 heteroatoms. The lowest BCUT2D eigenvalue weighted by atomic mass is 9.87. The number of rotatable bonds is 7. The van der Waals surface area contributed by atoms with E-state index >= 15 is 0 Å². The lowest BCUT2D eigenvalue weighted by Gasteiger charge is -2.32. The van der Waals surface area contributed by atoms with Crippen LogP contribution in [0.3, 0.4) is 0 Å². The van der Waals surface area contributed by atoms with Crippen LogP contribution in [0, 0.1) is 0 Å². The Balaban J connectivity index is 1.36. The minimum absolute atomic E-state index is 0.122. The van der Waals surface area contributed by atoms with E-state index in [0.717, 1.165) is 49.9 Å². The Labute approximate surface area is 187 Å². The summed E-state index contributed by atoms with van der Waals surface area (Å²) < 4.78 is 5.94. The molecule has 1 aromatic carbocycles. The van der Waals surface area contributed by atoms with Crippen molar-refractivity contribution in [3.05, 3.63) is 59.9 Å². The molecule has 1 aliphatic rings. The van der Waals surface area contributed by atoms with Crippen LogP contribution in [0.1, 0.15) is 44.9 Å². The molecule has 0 amide bonds. The fourth-order valence-electron chi connectivity index (χ4n) is 3.73. The number of nitrogens with zero attached hydrogens (tertiary/aromatic N) is 3. The monoisotopic (exact) mass is 423 g/mol. The Morgan fingerprint density at radius 3 is 2.65 bits per heavy atom. The molecule has 0 bridgehead atoms. The van der Waals surface area contributed by atoms with Gasteiger partial charge in [0.25, 0.3) is 0 Å². The van der Waals surface area contributed by atoms with Gasteiger partial charge in [0.15, 0.2) is 5.96 Å². The molecule has 0 spiro atoms. The van der Waals surface area contributed by atoms with E-state index < -0.39 is 0 Å². The molecule has 2 aromatic rings. The van der Waals surface area contributed by atoms with Crippen molar-refractivity contribution < 1.29 is 4.74 Å². The van der Waals surface area contributed by atoms with Crippen molar-refractivity contribution in [1.29, 1.82) is 0 Å². The highest BCUT2D eigenvalue weighted by atomic mass is 16.5. The van der Waals surface area contributed by atoms with Crippen LogP contribution in [-0.4, -0.2) is 55.2 Å². The van der Waals surface area contributed by atoms with Crippen molar-refractivity contribution in [3.63, 3.8) is 0 Å². The van der Waals surface area contributed by atoms with Crippen LogP contribution in [0.5, 0.6) is 5.75 Å². The number of guanidine groups is 1. The molecule has 6 nitrogen and oxygen atoms in total. The fourth-order valence-corrected chi connectivity index (χ4v) is 3.73. The molecule has 2 heterocycles. The predicted molar refractivity (Wildman–Crippen MR) is 128 cm³/mol. The van der Waals surface area contributed by atoms with E-state index in [1.807, 2.05) is 25.4 Å². The van der Waals surface area contributed by atoms with Crippen molar-refractivity contribution in [3.8, 4) is 5.75 Å². The smallest absolute Gasteiger partial charge is 0.191 e. The summed E-state index contributed by atoms with van der Waals surface area (Å²) >= 11 is 0. The van der Waals surface area contributed by atoms with Gasteiger partial charge in [-0.25, -0.2) is 0 Å². The third kappa shape index (κ3) is 7.55. The highest BCUT2D eigenvalue weighted by molar-refractivity contribution is 5.79. The fraction of sp³-hybridized carbons (Fsp3) is 0.520. The van der Waals surface area contributed by atoms with Crippen LogP contribution in [0.25, 0.3) is 0 Å². The number of nitrogens with one attached hydrogen (secondary N) is 2. The van der Waals surface area contributed by atoms with Gasteiger partial charge in [-0.3, -0.25) is 14.9 Å². The molecule has 1 saturated heterocycles. The molecule has 1 fully saturated rings. The van der Waals surface area contributed by atoms with Gasteiger partial charge < -0.3 is 15.4 Å². The van der Waals surface area contributed by atoms with Crippen molar-refractivity contribution in [2.24, 2.45) is 4.99 Å². The second-order valence-electron chi connectivity index (χ2n) is 9.14. The molecule has 0 atom stereocenters. The molecule has 2 N–H and O–H groups in total. The second kappa shape index (κ2) is 11.1. The minimum atomic E-state index is 0.122. The Morgan fingerprint density at radius 1 is 1.16 bits per heavy atom. The molecule has 31 heavy (non-hydrogen) atoms. The Hall–Kier alpha value is -2.60. The van der Waals surface area contributed by atoms with Gasteiger partial charge in [0, 0.05) is 38.9 Å². The van der Waals surface area contributed by atoms with Crippen LogP contribution in [-0.2, 0) is 12.0 Å². The van der Waals surface area contributed by atoms with E-state index in [1.54, 1.807) is 0 Å². The number of hydrogen-bond acceptors (Lipinski definition) is 4. The standard InChI is InChI=1S/C25H37N5O/c1-25(2,3)20-8-7-10-23(18-20)31-17-14-28-24(26-4)29-21-11-15-30(16-12-21)19-22-9-5-6-13-27-22/h5-10,13,18,21H,11-12,14-17,19H2,1-4H3,(H2,26,28,29). The zero-order chi connectivity index (χ0) is 22.1. The van der Waals surface area contributed by atoms with Crippen LogP contribution in [0.15, 0.2) is 53.7 Å². The van der Waals surface area contributed by atoms with Crippen molar-refractivity contribution in [1.82, 2.24) is 20.5 Å². The summed E-state index contributed by atoms with van der Waals surface area (Å²) in [5.74, 6) is 1.76. The Kier molecular flexibility index (Phi) is 8.29. The number of piperidine rings is 1. The average molecular weight is 424 g/mol. The number of benzene rings is 1. The molecule has 0 saturated carbocycles. The van der Waals surface area contributed by atoms with Gasteiger partial charge in [0.2, 0.25) is 0 Å². The van der Waals surface area contributed by atoms with Crippen molar-refractivity contribution in [2.75, 3.05) is 33.3 Å². The van der Waals surface area contributed by atoms with Crippen molar-refractivity contribution >= 4 is 5.96 Å².